The molecule has 6 nitrogen and oxygen atoms in total. The summed E-state index contributed by atoms with van der Waals surface area (Å²) in [4.78, 5) is 11.5. The molecule has 2 N–H and O–H groups in total. The molecule has 4 rings (SSSR count). The number of hydrogen-bond donors (Lipinski definition) is 1. The summed E-state index contributed by atoms with van der Waals surface area (Å²) in [6.45, 7) is 0.584. The Morgan fingerprint density at radius 2 is 2.18 bits per heavy atom. The maximum Gasteiger partial charge on any atom is 0.311 e. The standard InChI is InChI=1S/C10H13N3O3S/c1-15-6(14)10-2-9(3-10,4-10)5-16-8-13-12-7(11)17-8/h2-5H2,1H3,(H2,11,12). The first-order valence-corrected chi connectivity index (χ1v) is 6.19. The molecule has 0 amide bonds. The second-order valence-corrected chi connectivity index (χ2v) is 5.97. The summed E-state index contributed by atoms with van der Waals surface area (Å²) >= 11 is 1.23. The minimum Gasteiger partial charge on any atom is -0.469 e. The normalized spacial score (nSPS) is 33.5. The number of anilines is 1. The smallest absolute Gasteiger partial charge is 0.311 e. The minimum atomic E-state index is -0.210. The fraction of sp³-hybridized carbons (Fsp3) is 0.700. The van der Waals surface area contributed by atoms with Crippen LogP contribution in [0.2, 0.25) is 0 Å². The molecule has 1 heterocycles. The monoisotopic (exact) mass is 255 g/mol. The fourth-order valence-corrected chi connectivity index (χ4v) is 3.54. The largest absolute Gasteiger partial charge is 0.469 e. The van der Waals surface area contributed by atoms with Gasteiger partial charge in [0.15, 0.2) is 0 Å². The highest BCUT2D eigenvalue weighted by Crippen LogP contribution is 2.73. The van der Waals surface area contributed by atoms with Gasteiger partial charge in [0.25, 0.3) is 5.19 Å². The van der Waals surface area contributed by atoms with Gasteiger partial charge in [-0.15, -0.1) is 5.10 Å². The molecule has 3 aliphatic carbocycles. The molecule has 7 heteroatoms. The maximum atomic E-state index is 11.5. The van der Waals surface area contributed by atoms with E-state index in [2.05, 4.69) is 10.2 Å². The fourth-order valence-electron chi connectivity index (χ4n) is 3.08. The first kappa shape index (κ1) is 10.8. The van der Waals surface area contributed by atoms with E-state index in [0.29, 0.717) is 16.9 Å². The molecule has 0 aliphatic heterocycles. The van der Waals surface area contributed by atoms with Gasteiger partial charge in [0, 0.05) is 5.41 Å². The van der Waals surface area contributed by atoms with Gasteiger partial charge in [0.1, 0.15) is 0 Å². The molecule has 17 heavy (non-hydrogen) atoms. The lowest BCUT2D eigenvalue weighted by Gasteiger charge is -2.67. The molecule has 92 valence electrons. The van der Waals surface area contributed by atoms with E-state index in [1.807, 2.05) is 0 Å². The number of methoxy groups -OCH3 is 1. The van der Waals surface area contributed by atoms with Gasteiger partial charge in [-0.2, -0.15) is 0 Å². The van der Waals surface area contributed by atoms with Crippen LogP contribution in [0.1, 0.15) is 19.3 Å². The molecule has 0 saturated heterocycles. The van der Waals surface area contributed by atoms with Crippen LogP contribution in [0, 0.1) is 10.8 Å². The van der Waals surface area contributed by atoms with Crippen molar-refractivity contribution < 1.29 is 14.3 Å². The Morgan fingerprint density at radius 1 is 1.47 bits per heavy atom. The Labute approximate surface area is 102 Å². The number of ether oxygens (including phenoxy) is 2. The summed E-state index contributed by atoms with van der Waals surface area (Å²) < 4.78 is 10.3. The third-order valence-corrected chi connectivity index (χ3v) is 4.35. The number of nitrogen functional groups attached to an aromatic ring is 1. The minimum absolute atomic E-state index is 0.0838. The molecular formula is C10H13N3O3S. The van der Waals surface area contributed by atoms with E-state index in [4.69, 9.17) is 15.2 Å². The second kappa shape index (κ2) is 3.32. The van der Waals surface area contributed by atoms with Crippen molar-refractivity contribution in [3.05, 3.63) is 0 Å². The van der Waals surface area contributed by atoms with Gasteiger partial charge in [-0.3, -0.25) is 4.79 Å². The summed E-state index contributed by atoms with van der Waals surface area (Å²) in [5.74, 6) is -0.0838. The highest BCUT2D eigenvalue weighted by atomic mass is 32.1. The van der Waals surface area contributed by atoms with Crippen molar-refractivity contribution in [2.75, 3.05) is 19.5 Å². The molecule has 3 fully saturated rings. The number of hydrogen-bond acceptors (Lipinski definition) is 7. The van der Waals surface area contributed by atoms with Gasteiger partial charge >= 0.3 is 5.97 Å². The van der Waals surface area contributed by atoms with Crippen LogP contribution in [0.25, 0.3) is 0 Å². The van der Waals surface area contributed by atoms with Crippen molar-refractivity contribution in [1.29, 1.82) is 0 Å². The molecule has 3 aliphatic rings. The predicted octanol–water partition coefficient (Wildman–Crippen LogP) is 0.842. The zero-order chi connectivity index (χ0) is 12.1. The lowest BCUT2D eigenvalue weighted by Crippen LogP contribution is -2.67. The van der Waals surface area contributed by atoms with Crippen LogP contribution in [-0.2, 0) is 9.53 Å². The van der Waals surface area contributed by atoms with Crippen LogP contribution >= 0.6 is 11.3 Å². The Morgan fingerprint density at radius 3 is 2.71 bits per heavy atom. The molecule has 0 spiro atoms. The van der Waals surface area contributed by atoms with Crippen LogP contribution in [-0.4, -0.2) is 29.9 Å². The topological polar surface area (TPSA) is 87.3 Å². The van der Waals surface area contributed by atoms with Crippen molar-refractivity contribution in [2.45, 2.75) is 19.3 Å². The van der Waals surface area contributed by atoms with Crippen molar-refractivity contribution in [3.63, 3.8) is 0 Å². The summed E-state index contributed by atoms with van der Waals surface area (Å²) in [7, 11) is 1.44. The third-order valence-electron chi connectivity index (χ3n) is 3.68. The van der Waals surface area contributed by atoms with Crippen molar-refractivity contribution >= 4 is 22.4 Å². The number of rotatable bonds is 4. The van der Waals surface area contributed by atoms with E-state index in [1.165, 1.54) is 18.4 Å². The average molecular weight is 255 g/mol. The van der Waals surface area contributed by atoms with Crippen LogP contribution in [0.4, 0.5) is 5.13 Å². The van der Waals surface area contributed by atoms with Crippen molar-refractivity contribution in [3.8, 4) is 5.19 Å². The third kappa shape index (κ3) is 1.49. The van der Waals surface area contributed by atoms with Gasteiger partial charge in [-0.1, -0.05) is 5.10 Å². The Bertz CT molecular complexity index is 453. The Balaban J connectivity index is 1.53. The lowest BCUT2D eigenvalue weighted by molar-refractivity contribution is -0.233. The summed E-state index contributed by atoms with van der Waals surface area (Å²) in [5.41, 5.74) is 5.39. The Hall–Kier alpha value is -1.37. The van der Waals surface area contributed by atoms with Crippen LogP contribution in [0.15, 0.2) is 0 Å². The first-order valence-electron chi connectivity index (χ1n) is 5.38. The molecule has 1 aromatic heterocycles. The SMILES string of the molecule is COC(=O)C12CC(COc3nnc(N)s3)(C1)C2. The first-order chi connectivity index (χ1) is 8.07. The quantitative estimate of drug-likeness (QED) is 0.802. The Kier molecular flexibility index (Phi) is 2.10. The molecule has 3 saturated carbocycles. The molecular weight excluding hydrogens is 242 g/mol. The van der Waals surface area contributed by atoms with E-state index in [9.17, 15) is 4.79 Å². The number of carbonyl (C=O) groups is 1. The zero-order valence-electron chi connectivity index (χ0n) is 9.43. The molecule has 0 radical (unpaired) electrons. The molecule has 0 atom stereocenters. The van der Waals surface area contributed by atoms with E-state index in [1.54, 1.807) is 0 Å². The summed E-state index contributed by atoms with van der Waals surface area (Å²) in [6, 6.07) is 0. The second-order valence-electron chi connectivity index (χ2n) is 5.00. The number of nitrogens with two attached hydrogens (primary N) is 1. The zero-order valence-corrected chi connectivity index (χ0v) is 10.2. The van der Waals surface area contributed by atoms with E-state index in [0.717, 1.165) is 19.3 Å². The number of aromatic nitrogens is 2. The van der Waals surface area contributed by atoms with Gasteiger partial charge in [-0.25, -0.2) is 0 Å². The van der Waals surface area contributed by atoms with Gasteiger partial charge in [0.05, 0.1) is 19.1 Å². The lowest BCUT2D eigenvalue weighted by atomic mass is 9.35. The van der Waals surface area contributed by atoms with E-state index in [-0.39, 0.29) is 16.8 Å². The van der Waals surface area contributed by atoms with Gasteiger partial charge < -0.3 is 15.2 Å². The van der Waals surface area contributed by atoms with Crippen LogP contribution in [0.3, 0.4) is 0 Å². The highest BCUT2D eigenvalue weighted by molar-refractivity contribution is 7.16. The van der Waals surface area contributed by atoms with Crippen LogP contribution < -0.4 is 10.5 Å². The van der Waals surface area contributed by atoms with Crippen LogP contribution in [0.5, 0.6) is 5.19 Å². The molecule has 1 aromatic rings. The average Bonchev–Trinajstić information content (AvgIpc) is 2.60. The van der Waals surface area contributed by atoms with Crippen molar-refractivity contribution in [2.24, 2.45) is 10.8 Å². The summed E-state index contributed by atoms with van der Waals surface area (Å²) in [6.07, 6.45) is 2.59. The number of nitrogens with zero attached hydrogens (tertiary/aromatic N) is 2. The highest BCUT2D eigenvalue weighted by Gasteiger charge is 2.72. The molecule has 0 unspecified atom stereocenters. The van der Waals surface area contributed by atoms with E-state index >= 15 is 0 Å². The number of esters is 1. The maximum absolute atomic E-state index is 11.5. The van der Waals surface area contributed by atoms with E-state index < -0.39 is 0 Å². The summed E-state index contributed by atoms with van der Waals surface area (Å²) in [5, 5.41) is 8.37. The van der Waals surface area contributed by atoms with Crippen molar-refractivity contribution in [1.82, 2.24) is 10.2 Å². The molecule has 0 aromatic carbocycles. The predicted molar refractivity (Wildman–Crippen MR) is 60.5 cm³/mol. The van der Waals surface area contributed by atoms with Gasteiger partial charge in [0.2, 0.25) is 5.13 Å². The van der Waals surface area contributed by atoms with Gasteiger partial charge in [-0.05, 0) is 30.6 Å². The number of carbonyl (C=O) groups excluding carboxylic acids is 1. The molecule has 2 bridgehead atoms.